The number of carbonyl (C=O) groups excluding carboxylic acids is 1. The summed E-state index contributed by atoms with van der Waals surface area (Å²) in [5.74, 6) is 1.20. The zero-order valence-electron chi connectivity index (χ0n) is 15.3. The van der Waals surface area contributed by atoms with Crippen molar-refractivity contribution in [1.82, 2.24) is 15.5 Å². The summed E-state index contributed by atoms with van der Waals surface area (Å²) in [6, 6.07) is 14.2. The number of esters is 1. The Labute approximate surface area is 166 Å². The van der Waals surface area contributed by atoms with Crippen LogP contribution in [0.25, 0.3) is 11.4 Å². The lowest BCUT2D eigenvalue weighted by molar-refractivity contribution is 0.0601. The number of nitrogens with one attached hydrogen (secondary N) is 2. The molecule has 0 bridgehead atoms. The largest absolute Gasteiger partial charge is 0.497 e. The first-order chi connectivity index (χ1) is 13.6. The predicted molar refractivity (Wildman–Crippen MR) is 107 cm³/mol. The SMILES string of the molecule is COC(=O)c1cccc(NC(=S)NCc2nc(-c3ccc(OC)cc3)no2)c1. The van der Waals surface area contributed by atoms with E-state index in [1.165, 1.54) is 7.11 Å². The second-order valence-electron chi connectivity index (χ2n) is 5.62. The summed E-state index contributed by atoms with van der Waals surface area (Å²) in [5, 5.41) is 10.3. The zero-order valence-corrected chi connectivity index (χ0v) is 16.1. The van der Waals surface area contributed by atoms with Gasteiger partial charge in [-0.2, -0.15) is 4.98 Å². The Bertz CT molecular complexity index is 972. The third-order valence-corrected chi connectivity index (χ3v) is 4.00. The van der Waals surface area contributed by atoms with Gasteiger partial charge in [0.2, 0.25) is 11.7 Å². The van der Waals surface area contributed by atoms with E-state index in [2.05, 4.69) is 20.8 Å². The van der Waals surface area contributed by atoms with E-state index in [1.807, 2.05) is 24.3 Å². The standard InChI is InChI=1S/C19H18N4O4S/c1-25-15-8-6-12(7-9-15)17-22-16(27-23-17)11-20-19(28)21-14-5-3-4-13(10-14)18(24)26-2/h3-10H,11H2,1-2H3,(H2,20,21,28). The Morgan fingerprint density at radius 3 is 2.68 bits per heavy atom. The lowest BCUT2D eigenvalue weighted by atomic mass is 10.2. The fourth-order valence-electron chi connectivity index (χ4n) is 2.36. The number of aromatic nitrogens is 2. The van der Waals surface area contributed by atoms with Gasteiger partial charge in [-0.05, 0) is 54.7 Å². The number of thiocarbonyl (C=S) groups is 1. The van der Waals surface area contributed by atoms with E-state index in [0.717, 1.165) is 11.3 Å². The highest BCUT2D eigenvalue weighted by Crippen LogP contribution is 2.19. The van der Waals surface area contributed by atoms with Crippen LogP contribution in [-0.2, 0) is 11.3 Å². The Kier molecular flexibility index (Phi) is 6.18. The van der Waals surface area contributed by atoms with Gasteiger partial charge in [-0.3, -0.25) is 0 Å². The highest BCUT2D eigenvalue weighted by molar-refractivity contribution is 7.80. The van der Waals surface area contributed by atoms with Crippen molar-refractivity contribution >= 4 is 29.0 Å². The van der Waals surface area contributed by atoms with Crippen LogP contribution in [0.15, 0.2) is 53.1 Å². The van der Waals surface area contributed by atoms with Crippen molar-refractivity contribution in [1.29, 1.82) is 0 Å². The van der Waals surface area contributed by atoms with E-state index in [9.17, 15) is 4.79 Å². The number of anilines is 1. The molecule has 2 aromatic carbocycles. The van der Waals surface area contributed by atoms with Gasteiger partial charge < -0.3 is 24.6 Å². The van der Waals surface area contributed by atoms with E-state index >= 15 is 0 Å². The molecule has 1 aromatic heterocycles. The third kappa shape index (κ3) is 4.83. The molecule has 0 aliphatic heterocycles. The minimum atomic E-state index is -0.417. The molecule has 144 valence electrons. The van der Waals surface area contributed by atoms with Gasteiger partial charge in [0.15, 0.2) is 5.11 Å². The van der Waals surface area contributed by atoms with Crippen LogP contribution in [0, 0.1) is 0 Å². The topological polar surface area (TPSA) is 98.5 Å². The minimum Gasteiger partial charge on any atom is -0.497 e. The summed E-state index contributed by atoms with van der Waals surface area (Å²) in [7, 11) is 2.94. The molecule has 3 rings (SSSR count). The molecule has 0 atom stereocenters. The fourth-order valence-corrected chi connectivity index (χ4v) is 2.55. The van der Waals surface area contributed by atoms with Crippen LogP contribution in [-0.4, -0.2) is 35.4 Å². The van der Waals surface area contributed by atoms with Crippen LogP contribution < -0.4 is 15.4 Å². The van der Waals surface area contributed by atoms with Gasteiger partial charge in [-0.1, -0.05) is 11.2 Å². The summed E-state index contributed by atoms with van der Waals surface area (Å²) in [6.07, 6.45) is 0. The van der Waals surface area contributed by atoms with Crippen molar-refractivity contribution in [2.24, 2.45) is 0 Å². The Morgan fingerprint density at radius 1 is 1.18 bits per heavy atom. The van der Waals surface area contributed by atoms with Gasteiger partial charge in [0.25, 0.3) is 0 Å². The molecule has 0 saturated carbocycles. The second-order valence-corrected chi connectivity index (χ2v) is 6.03. The molecular weight excluding hydrogens is 380 g/mol. The van der Waals surface area contributed by atoms with Gasteiger partial charge in [-0.15, -0.1) is 0 Å². The number of hydrogen-bond acceptors (Lipinski definition) is 7. The maximum absolute atomic E-state index is 11.6. The van der Waals surface area contributed by atoms with E-state index < -0.39 is 5.97 Å². The van der Waals surface area contributed by atoms with Crippen LogP contribution in [0.4, 0.5) is 5.69 Å². The Balaban J connectivity index is 1.56. The van der Waals surface area contributed by atoms with Gasteiger partial charge in [0.05, 0.1) is 26.3 Å². The van der Waals surface area contributed by atoms with Crippen molar-refractivity contribution in [3.63, 3.8) is 0 Å². The highest BCUT2D eigenvalue weighted by Gasteiger charge is 2.10. The van der Waals surface area contributed by atoms with Gasteiger partial charge >= 0.3 is 5.97 Å². The Morgan fingerprint density at radius 2 is 1.96 bits per heavy atom. The number of hydrogen-bond donors (Lipinski definition) is 2. The minimum absolute atomic E-state index is 0.256. The molecule has 2 N–H and O–H groups in total. The normalized spacial score (nSPS) is 10.2. The third-order valence-electron chi connectivity index (χ3n) is 3.76. The summed E-state index contributed by atoms with van der Waals surface area (Å²) in [6.45, 7) is 0.256. The first-order valence-electron chi connectivity index (χ1n) is 8.29. The molecule has 8 nitrogen and oxygen atoms in total. The highest BCUT2D eigenvalue weighted by atomic mass is 32.1. The number of nitrogens with zero attached hydrogens (tertiary/aromatic N) is 2. The van der Waals surface area contributed by atoms with Crippen molar-refractivity contribution in [3.8, 4) is 17.1 Å². The molecule has 1 heterocycles. The van der Waals surface area contributed by atoms with Crippen LogP contribution >= 0.6 is 12.2 Å². The number of methoxy groups -OCH3 is 2. The molecule has 0 spiro atoms. The van der Waals surface area contributed by atoms with Crippen LogP contribution in [0.2, 0.25) is 0 Å². The fraction of sp³-hybridized carbons (Fsp3) is 0.158. The molecule has 0 aliphatic rings. The predicted octanol–water partition coefficient (Wildman–Crippen LogP) is 3.02. The number of benzene rings is 2. The molecule has 9 heteroatoms. The first kappa shape index (κ1) is 19.3. The average molecular weight is 398 g/mol. The van der Waals surface area contributed by atoms with Crippen molar-refractivity contribution in [2.75, 3.05) is 19.5 Å². The summed E-state index contributed by atoms with van der Waals surface area (Å²) >= 11 is 5.26. The van der Waals surface area contributed by atoms with E-state index in [4.69, 9.17) is 26.2 Å². The molecule has 0 radical (unpaired) electrons. The number of rotatable bonds is 6. The summed E-state index contributed by atoms with van der Waals surface area (Å²) in [5.41, 5.74) is 1.90. The molecule has 0 saturated heterocycles. The van der Waals surface area contributed by atoms with Crippen molar-refractivity contribution in [2.45, 2.75) is 6.54 Å². The summed E-state index contributed by atoms with van der Waals surface area (Å²) in [4.78, 5) is 15.9. The van der Waals surface area contributed by atoms with Crippen LogP contribution in [0.1, 0.15) is 16.2 Å². The number of carbonyl (C=O) groups is 1. The maximum Gasteiger partial charge on any atom is 0.337 e. The van der Waals surface area contributed by atoms with E-state index in [1.54, 1.807) is 31.4 Å². The van der Waals surface area contributed by atoms with Gasteiger partial charge in [-0.25, -0.2) is 4.79 Å². The maximum atomic E-state index is 11.6. The zero-order chi connectivity index (χ0) is 19.9. The quantitative estimate of drug-likeness (QED) is 0.479. The Hall–Kier alpha value is -3.46. The van der Waals surface area contributed by atoms with Gasteiger partial charge in [0, 0.05) is 11.3 Å². The molecule has 0 amide bonds. The molecule has 3 aromatic rings. The molecule has 28 heavy (non-hydrogen) atoms. The lowest BCUT2D eigenvalue weighted by Crippen LogP contribution is -2.28. The lowest BCUT2D eigenvalue weighted by Gasteiger charge is -2.09. The molecular formula is C19H18N4O4S. The monoisotopic (exact) mass is 398 g/mol. The van der Waals surface area contributed by atoms with Crippen molar-refractivity contribution in [3.05, 3.63) is 60.0 Å². The molecule has 0 fully saturated rings. The van der Waals surface area contributed by atoms with Gasteiger partial charge in [0.1, 0.15) is 5.75 Å². The van der Waals surface area contributed by atoms with Crippen molar-refractivity contribution < 1.29 is 18.8 Å². The average Bonchev–Trinajstić information content (AvgIpc) is 3.21. The van der Waals surface area contributed by atoms with Crippen LogP contribution in [0.3, 0.4) is 0 Å². The van der Waals surface area contributed by atoms with Crippen LogP contribution in [0.5, 0.6) is 5.75 Å². The number of ether oxygens (including phenoxy) is 2. The first-order valence-corrected chi connectivity index (χ1v) is 8.70. The van der Waals surface area contributed by atoms with E-state index in [-0.39, 0.29) is 6.54 Å². The summed E-state index contributed by atoms with van der Waals surface area (Å²) < 4.78 is 15.1. The molecule has 0 aliphatic carbocycles. The second kappa shape index (κ2) is 8.96. The smallest absolute Gasteiger partial charge is 0.337 e. The molecule has 0 unspecified atom stereocenters. The van der Waals surface area contributed by atoms with E-state index in [0.29, 0.717) is 28.1 Å².